The molecule has 0 radical (unpaired) electrons. The van der Waals surface area contributed by atoms with Crippen LogP contribution < -0.4 is 5.56 Å². The summed E-state index contributed by atoms with van der Waals surface area (Å²) in [5.74, 6) is -1.02. The number of hydrogen-bond acceptors (Lipinski definition) is 3. The van der Waals surface area contributed by atoms with Crippen molar-refractivity contribution in [3.05, 3.63) is 33.2 Å². The lowest BCUT2D eigenvalue weighted by atomic mass is 10.00. The van der Waals surface area contributed by atoms with Gasteiger partial charge >= 0.3 is 5.97 Å². The Morgan fingerprint density at radius 1 is 1.59 bits per heavy atom. The molecule has 5 heteroatoms. The van der Waals surface area contributed by atoms with Crippen LogP contribution >= 0.6 is 0 Å². The van der Waals surface area contributed by atoms with Gasteiger partial charge in [0.25, 0.3) is 0 Å². The van der Waals surface area contributed by atoms with Crippen LogP contribution in [0.5, 0.6) is 0 Å². The molecule has 1 aromatic rings. The zero-order chi connectivity index (χ0) is 12.4. The van der Waals surface area contributed by atoms with E-state index in [0.29, 0.717) is 13.0 Å². The molecule has 2 heterocycles. The van der Waals surface area contributed by atoms with E-state index in [1.165, 1.54) is 6.07 Å². The van der Waals surface area contributed by atoms with Gasteiger partial charge in [-0.25, -0.2) is 4.79 Å². The fourth-order valence-corrected chi connectivity index (χ4v) is 2.31. The van der Waals surface area contributed by atoms with Crippen LogP contribution in [0, 0.1) is 0 Å². The molecule has 2 rings (SSSR count). The number of pyridine rings is 1. The van der Waals surface area contributed by atoms with Crippen molar-refractivity contribution in [2.45, 2.75) is 26.3 Å². The van der Waals surface area contributed by atoms with E-state index < -0.39 is 5.97 Å². The first-order chi connectivity index (χ1) is 8.11. The van der Waals surface area contributed by atoms with E-state index >= 15 is 0 Å². The highest BCUT2D eigenvalue weighted by molar-refractivity contribution is 5.89. The van der Waals surface area contributed by atoms with Crippen molar-refractivity contribution in [2.75, 3.05) is 13.1 Å². The molecule has 0 unspecified atom stereocenters. The quantitative estimate of drug-likeness (QED) is 0.815. The van der Waals surface area contributed by atoms with Gasteiger partial charge in [-0.1, -0.05) is 6.92 Å². The third-order valence-corrected chi connectivity index (χ3v) is 3.07. The fraction of sp³-hybridized carbons (Fsp3) is 0.500. The monoisotopic (exact) mass is 236 g/mol. The zero-order valence-electron chi connectivity index (χ0n) is 9.82. The molecule has 1 aliphatic rings. The molecule has 0 aliphatic carbocycles. The van der Waals surface area contributed by atoms with Crippen molar-refractivity contribution >= 4 is 5.97 Å². The highest BCUT2D eigenvalue weighted by Crippen LogP contribution is 2.19. The predicted molar refractivity (Wildman–Crippen MR) is 63.3 cm³/mol. The molecule has 0 saturated carbocycles. The van der Waals surface area contributed by atoms with Gasteiger partial charge < -0.3 is 10.1 Å². The van der Waals surface area contributed by atoms with Crippen LogP contribution in [0.15, 0.2) is 10.9 Å². The fourth-order valence-electron chi connectivity index (χ4n) is 2.31. The smallest absolute Gasteiger partial charge is 0.336 e. The lowest BCUT2D eigenvalue weighted by Crippen LogP contribution is -2.34. The number of nitrogens with zero attached hydrogens (tertiary/aromatic N) is 1. The van der Waals surface area contributed by atoms with Crippen molar-refractivity contribution in [1.82, 2.24) is 9.88 Å². The number of carbonyl (C=O) groups is 1. The van der Waals surface area contributed by atoms with E-state index in [0.717, 1.165) is 30.8 Å². The Morgan fingerprint density at radius 3 is 3.00 bits per heavy atom. The van der Waals surface area contributed by atoms with Gasteiger partial charge in [0.05, 0.1) is 5.56 Å². The van der Waals surface area contributed by atoms with E-state index in [-0.39, 0.29) is 11.1 Å². The molecule has 0 atom stereocenters. The standard InChI is InChI=1S/C12H16N2O3/c1-2-4-14-5-3-10-9(7-14)8(12(16)17)6-11(15)13-10/h6H,2-5,7H2,1H3,(H,13,15)(H,16,17). The van der Waals surface area contributed by atoms with Crippen LogP contribution in [0.1, 0.15) is 35.0 Å². The minimum Gasteiger partial charge on any atom is -0.478 e. The molecular weight excluding hydrogens is 220 g/mol. The topological polar surface area (TPSA) is 73.4 Å². The normalized spacial score (nSPS) is 15.6. The summed E-state index contributed by atoms with van der Waals surface area (Å²) >= 11 is 0. The van der Waals surface area contributed by atoms with E-state index in [1.54, 1.807) is 0 Å². The maximum Gasteiger partial charge on any atom is 0.336 e. The second-order valence-electron chi connectivity index (χ2n) is 4.34. The van der Waals surface area contributed by atoms with Crippen LogP contribution in [0.25, 0.3) is 0 Å². The molecule has 0 spiro atoms. The first kappa shape index (κ1) is 11.9. The van der Waals surface area contributed by atoms with Crippen LogP contribution in [0.2, 0.25) is 0 Å². The van der Waals surface area contributed by atoms with Crippen molar-refractivity contribution in [1.29, 1.82) is 0 Å². The average Bonchev–Trinajstić information content (AvgIpc) is 2.28. The third-order valence-electron chi connectivity index (χ3n) is 3.07. The van der Waals surface area contributed by atoms with Gasteiger partial charge in [-0.3, -0.25) is 9.69 Å². The predicted octanol–water partition coefficient (Wildman–Crippen LogP) is 0.841. The first-order valence-electron chi connectivity index (χ1n) is 5.82. The molecule has 0 aromatic carbocycles. The van der Waals surface area contributed by atoms with Crippen LogP contribution in [0.4, 0.5) is 0 Å². The first-order valence-corrected chi connectivity index (χ1v) is 5.82. The van der Waals surface area contributed by atoms with Gasteiger partial charge in [0.15, 0.2) is 0 Å². The maximum absolute atomic E-state index is 11.3. The van der Waals surface area contributed by atoms with Crippen molar-refractivity contribution < 1.29 is 9.90 Å². The average molecular weight is 236 g/mol. The van der Waals surface area contributed by atoms with Crippen molar-refractivity contribution in [2.24, 2.45) is 0 Å². The van der Waals surface area contributed by atoms with E-state index in [9.17, 15) is 9.59 Å². The Hall–Kier alpha value is -1.62. The molecule has 1 aliphatic heterocycles. The maximum atomic E-state index is 11.3. The Kier molecular flexibility index (Phi) is 3.28. The highest BCUT2D eigenvalue weighted by Gasteiger charge is 2.22. The number of aromatic amines is 1. The van der Waals surface area contributed by atoms with Crippen LogP contribution in [-0.4, -0.2) is 34.0 Å². The molecule has 2 N–H and O–H groups in total. The number of aromatic carboxylic acids is 1. The Morgan fingerprint density at radius 2 is 2.35 bits per heavy atom. The number of carboxylic acids is 1. The van der Waals surface area contributed by atoms with Gasteiger partial charge in [-0.2, -0.15) is 0 Å². The van der Waals surface area contributed by atoms with Crippen molar-refractivity contribution in [3.63, 3.8) is 0 Å². The second kappa shape index (κ2) is 4.71. The SMILES string of the molecule is CCCN1CCc2[nH]c(=O)cc(C(=O)O)c2C1. The highest BCUT2D eigenvalue weighted by atomic mass is 16.4. The molecule has 1 aromatic heterocycles. The van der Waals surface area contributed by atoms with Crippen LogP contribution in [-0.2, 0) is 13.0 Å². The zero-order valence-corrected chi connectivity index (χ0v) is 9.82. The van der Waals surface area contributed by atoms with Gasteiger partial charge in [-0.05, 0) is 13.0 Å². The summed E-state index contributed by atoms with van der Waals surface area (Å²) in [7, 11) is 0. The second-order valence-corrected chi connectivity index (χ2v) is 4.34. The van der Waals surface area contributed by atoms with Gasteiger partial charge in [0.1, 0.15) is 0 Å². The summed E-state index contributed by atoms with van der Waals surface area (Å²) < 4.78 is 0. The van der Waals surface area contributed by atoms with Crippen LogP contribution in [0.3, 0.4) is 0 Å². The lowest BCUT2D eigenvalue weighted by molar-refractivity contribution is 0.0693. The number of carboxylic acid groups (broad SMARTS) is 1. The molecule has 0 amide bonds. The lowest BCUT2D eigenvalue weighted by Gasteiger charge is -2.28. The molecule has 0 saturated heterocycles. The molecular formula is C12H16N2O3. The molecule has 0 fully saturated rings. The Bertz CT molecular complexity index is 493. The summed E-state index contributed by atoms with van der Waals surface area (Å²) in [5, 5.41) is 9.11. The third kappa shape index (κ3) is 2.39. The Balaban J connectivity index is 2.41. The number of nitrogens with one attached hydrogen (secondary N) is 1. The number of hydrogen-bond donors (Lipinski definition) is 2. The Labute approximate surface area is 99.1 Å². The summed E-state index contributed by atoms with van der Waals surface area (Å²) in [6, 6.07) is 1.18. The van der Waals surface area contributed by atoms with Gasteiger partial charge in [-0.15, -0.1) is 0 Å². The number of fused-ring (bicyclic) bond motifs is 1. The number of rotatable bonds is 3. The van der Waals surface area contributed by atoms with Gasteiger partial charge in [0, 0.05) is 36.8 Å². The minimum absolute atomic E-state index is 0.143. The minimum atomic E-state index is -1.02. The molecule has 0 bridgehead atoms. The summed E-state index contributed by atoms with van der Waals surface area (Å²) in [4.78, 5) is 27.4. The largest absolute Gasteiger partial charge is 0.478 e. The summed E-state index contributed by atoms with van der Waals surface area (Å²) in [6.45, 7) is 4.54. The van der Waals surface area contributed by atoms with Crippen molar-refractivity contribution in [3.8, 4) is 0 Å². The molecule has 5 nitrogen and oxygen atoms in total. The van der Waals surface area contributed by atoms with E-state index in [2.05, 4.69) is 16.8 Å². The van der Waals surface area contributed by atoms with E-state index in [1.807, 2.05) is 0 Å². The van der Waals surface area contributed by atoms with E-state index in [4.69, 9.17) is 5.11 Å². The number of aromatic nitrogens is 1. The van der Waals surface area contributed by atoms with Gasteiger partial charge in [0.2, 0.25) is 5.56 Å². The summed E-state index contributed by atoms with van der Waals surface area (Å²) in [6.07, 6.45) is 1.76. The molecule has 17 heavy (non-hydrogen) atoms. The number of H-pyrrole nitrogens is 1. The summed E-state index contributed by atoms with van der Waals surface area (Å²) in [5.41, 5.74) is 1.36. The molecule has 92 valence electrons.